The summed E-state index contributed by atoms with van der Waals surface area (Å²) in [5.41, 5.74) is 0. The third-order valence-electron chi connectivity index (χ3n) is 17.6. The van der Waals surface area contributed by atoms with Gasteiger partial charge in [-0.3, -0.25) is 9.59 Å². The molecule has 2 atom stereocenters. The van der Waals surface area contributed by atoms with Crippen LogP contribution in [0.1, 0.15) is 412 Å². The highest BCUT2D eigenvalue weighted by Crippen LogP contribution is 2.19. The molecular formula is C78H147NO5. The first-order valence-corrected chi connectivity index (χ1v) is 37.9. The van der Waals surface area contributed by atoms with E-state index < -0.39 is 12.1 Å². The van der Waals surface area contributed by atoms with E-state index in [1.54, 1.807) is 6.08 Å². The molecule has 84 heavy (non-hydrogen) atoms. The van der Waals surface area contributed by atoms with Gasteiger partial charge in [0.05, 0.1) is 25.4 Å². The maximum absolute atomic E-state index is 12.5. The zero-order valence-electron chi connectivity index (χ0n) is 56.6. The van der Waals surface area contributed by atoms with Gasteiger partial charge in [0, 0.05) is 12.8 Å². The first kappa shape index (κ1) is 81.8. The van der Waals surface area contributed by atoms with E-state index in [9.17, 15) is 19.8 Å². The first-order valence-electron chi connectivity index (χ1n) is 37.9. The molecule has 0 fully saturated rings. The SMILES string of the molecule is CCCCC/C=C\C/C=C\CCCCCCCC(=O)OCCCCCCCCCCCCCCCC/C=C\CCCCCCCCCCCCCCCCCCCC(=O)NC(CO)C(O)/C=C/CCCCCCCCCCCCCCCCC. The molecule has 0 aliphatic rings. The lowest BCUT2D eigenvalue weighted by Gasteiger charge is -2.20. The average Bonchev–Trinajstić information content (AvgIpc) is 3.51. The van der Waals surface area contributed by atoms with E-state index in [0.717, 1.165) is 51.4 Å². The molecule has 0 saturated carbocycles. The summed E-state index contributed by atoms with van der Waals surface area (Å²) in [4.78, 5) is 24.6. The van der Waals surface area contributed by atoms with Crippen molar-refractivity contribution in [3.63, 3.8) is 0 Å². The molecule has 0 aliphatic heterocycles. The molecule has 3 N–H and O–H groups in total. The van der Waals surface area contributed by atoms with Crippen molar-refractivity contribution in [1.29, 1.82) is 0 Å². The van der Waals surface area contributed by atoms with Gasteiger partial charge in [0.2, 0.25) is 5.91 Å². The predicted octanol–water partition coefficient (Wildman–Crippen LogP) is 24.8. The van der Waals surface area contributed by atoms with Crippen LogP contribution in [0.3, 0.4) is 0 Å². The van der Waals surface area contributed by atoms with E-state index in [4.69, 9.17) is 4.74 Å². The van der Waals surface area contributed by atoms with E-state index in [1.165, 1.54) is 334 Å². The lowest BCUT2D eigenvalue weighted by atomic mass is 10.0. The van der Waals surface area contributed by atoms with Gasteiger partial charge in [0.1, 0.15) is 0 Å². The van der Waals surface area contributed by atoms with Crippen molar-refractivity contribution in [3.05, 3.63) is 48.6 Å². The molecule has 0 bridgehead atoms. The summed E-state index contributed by atoms with van der Waals surface area (Å²) in [5, 5.41) is 23.2. The van der Waals surface area contributed by atoms with Crippen LogP contribution in [-0.2, 0) is 14.3 Å². The molecule has 0 aromatic carbocycles. The van der Waals surface area contributed by atoms with Gasteiger partial charge in [-0.1, -0.05) is 358 Å². The number of unbranched alkanes of at least 4 members (excludes halogenated alkanes) is 54. The normalized spacial score (nSPS) is 12.8. The monoisotopic (exact) mass is 1180 g/mol. The third kappa shape index (κ3) is 68.9. The minimum Gasteiger partial charge on any atom is -0.466 e. The Labute approximate surface area is 525 Å². The zero-order chi connectivity index (χ0) is 60.6. The standard InChI is InChI=1S/C78H147NO5/c1-3-5-7-9-11-13-15-17-19-39-43-46-50-54-58-62-66-70-76(81)75(74-80)79-77(82)71-67-63-59-55-51-47-44-40-37-35-33-31-29-27-25-23-21-20-22-24-26-28-30-32-34-36-38-41-45-49-53-57-61-65-69-73-84-78(83)72-68-64-60-56-52-48-42-18-16-14-12-10-8-6-4-2/h12,14,18,22,24,42,66,70,75-76,80-81H,3-11,13,15-17,19-21,23,25-41,43-65,67-69,71-74H2,1-2H3,(H,79,82)/b14-12-,24-22-,42-18-,70-66+. The summed E-state index contributed by atoms with van der Waals surface area (Å²) in [6, 6.07) is -0.626. The molecule has 0 spiro atoms. The molecule has 0 aromatic rings. The number of aliphatic hydroxyl groups excluding tert-OH is 2. The summed E-state index contributed by atoms with van der Waals surface area (Å²) in [7, 11) is 0. The molecule has 0 saturated heterocycles. The van der Waals surface area contributed by atoms with Crippen LogP contribution in [0.2, 0.25) is 0 Å². The Morgan fingerprint density at radius 1 is 0.333 bits per heavy atom. The fourth-order valence-electron chi connectivity index (χ4n) is 11.8. The molecule has 494 valence electrons. The lowest BCUT2D eigenvalue weighted by Crippen LogP contribution is -2.45. The van der Waals surface area contributed by atoms with E-state index in [-0.39, 0.29) is 18.5 Å². The highest BCUT2D eigenvalue weighted by atomic mass is 16.5. The van der Waals surface area contributed by atoms with Crippen LogP contribution >= 0.6 is 0 Å². The number of hydrogen-bond donors (Lipinski definition) is 3. The van der Waals surface area contributed by atoms with Crippen molar-refractivity contribution in [1.82, 2.24) is 5.32 Å². The molecule has 6 nitrogen and oxygen atoms in total. The highest BCUT2D eigenvalue weighted by molar-refractivity contribution is 5.76. The Morgan fingerprint density at radius 3 is 0.940 bits per heavy atom. The Hall–Kier alpha value is -2.18. The van der Waals surface area contributed by atoms with Gasteiger partial charge in [-0.05, 0) is 89.9 Å². The maximum atomic E-state index is 12.5. The molecule has 0 radical (unpaired) electrons. The molecule has 2 unspecified atom stereocenters. The summed E-state index contributed by atoms with van der Waals surface area (Å²) < 4.78 is 5.49. The number of allylic oxidation sites excluding steroid dienone is 7. The van der Waals surface area contributed by atoms with Crippen LogP contribution in [0, 0.1) is 0 Å². The van der Waals surface area contributed by atoms with Crippen LogP contribution in [-0.4, -0.2) is 47.4 Å². The van der Waals surface area contributed by atoms with Gasteiger partial charge in [-0.25, -0.2) is 0 Å². The van der Waals surface area contributed by atoms with E-state index in [2.05, 4.69) is 55.6 Å². The van der Waals surface area contributed by atoms with Crippen LogP contribution in [0.25, 0.3) is 0 Å². The zero-order valence-corrected chi connectivity index (χ0v) is 56.6. The second kappa shape index (κ2) is 73.3. The van der Waals surface area contributed by atoms with Gasteiger partial charge < -0.3 is 20.3 Å². The highest BCUT2D eigenvalue weighted by Gasteiger charge is 2.18. The number of amides is 1. The number of esters is 1. The number of carbonyl (C=O) groups is 2. The average molecular weight is 1180 g/mol. The summed E-state index contributed by atoms with van der Waals surface area (Å²) >= 11 is 0. The van der Waals surface area contributed by atoms with Gasteiger partial charge in [0.25, 0.3) is 0 Å². The fraction of sp³-hybridized carbons (Fsp3) is 0.872. The van der Waals surface area contributed by atoms with Crippen molar-refractivity contribution in [2.75, 3.05) is 13.2 Å². The quantitative estimate of drug-likeness (QED) is 0.0320. The van der Waals surface area contributed by atoms with E-state index >= 15 is 0 Å². The molecular weight excluding hydrogens is 1030 g/mol. The minimum atomic E-state index is -0.843. The second-order valence-corrected chi connectivity index (χ2v) is 26.0. The van der Waals surface area contributed by atoms with Crippen molar-refractivity contribution < 1.29 is 24.5 Å². The van der Waals surface area contributed by atoms with Crippen molar-refractivity contribution in [2.24, 2.45) is 0 Å². The number of rotatable bonds is 71. The molecule has 6 heteroatoms. The van der Waals surface area contributed by atoms with E-state index in [0.29, 0.717) is 19.4 Å². The van der Waals surface area contributed by atoms with Gasteiger partial charge >= 0.3 is 5.97 Å². The smallest absolute Gasteiger partial charge is 0.305 e. The summed E-state index contributed by atoms with van der Waals surface area (Å²) in [5.74, 6) is -0.0554. The largest absolute Gasteiger partial charge is 0.466 e. The summed E-state index contributed by atoms with van der Waals surface area (Å²) in [6.07, 6.45) is 96.5. The van der Waals surface area contributed by atoms with Gasteiger partial charge in [0.15, 0.2) is 0 Å². The van der Waals surface area contributed by atoms with Crippen molar-refractivity contribution >= 4 is 11.9 Å². The molecule has 0 heterocycles. The minimum absolute atomic E-state index is 0.00615. The Balaban J connectivity index is 3.36. The molecule has 1 amide bonds. The summed E-state index contributed by atoms with van der Waals surface area (Å²) in [6.45, 7) is 4.91. The topological polar surface area (TPSA) is 95.9 Å². The van der Waals surface area contributed by atoms with E-state index in [1.807, 2.05) is 6.08 Å². The predicted molar refractivity (Wildman–Crippen MR) is 370 cm³/mol. The van der Waals surface area contributed by atoms with Gasteiger partial charge in [-0.2, -0.15) is 0 Å². The van der Waals surface area contributed by atoms with Gasteiger partial charge in [-0.15, -0.1) is 0 Å². The number of hydrogen-bond acceptors (Lipinski definition) is 5. The van der Waals surface area contributed by atoms with Crippen LogP contribution < -0.4 is 5.32 Å². The van der Waals surface area contributed by atoms with Crippen molar-refractivity contribution in [3.8, 4) is 0 Å². The Kier molecular flexibility index (Phi) is 71.4. The van der Waals surface area contributed by atoms with Crippen molar-refractivity contribution in [2.45, 2.75) is 424 Å². The number of nitrogens with one attached hydrogen (secondary N) is 1. The third-order valence-corrected chi connectivity index (χ3v) is 17.6. The van der Waals surface area contributed by atoms with Crippen LogP contribution in [0.4, 0.5) is 0 Å². The first-order chi connectivity index (χ1) is 41.5. The van der Waals surface area contributed by atoms with Crippen LogP contribution in [0.5, 0.6) is 0 Å². The fourth-order valence-corrected chi connectivity index (χ4v) is 11.8. The molecule has 0 aromatic heterocycles. The number of ether oxygens (including phenoxy) is 1. The molecule has 0 rings (SSSR count). The Morgan fingerprint density at radius 2 is 0.595 bits per heavy atom. The van der Waals surface area contributed by atoms with Crippen LogP contribution in [0.15, 0.2) is 48.6 Å². The molecule has 0 aliphatic carbocycles. The Bertz CT molecular complexity index is 1400. The number of aliphatic hydroxyl groups is 2. The second-order valence-electron chi connectivity index (χ2n) is 26.0. The maximum Gasteiger partial charge on any atom is 0.305 e. The lowest BCUT2D eigenvalue weighted by molar-refractivity contribution is -0.143. The number of carbonyl (C=O) groups excluding carboxylic acids is 2.